The van der Waals surface area contributed by atoms with E-state index < -0.39 is 0 Å². The fourth-order valence-electron chi connectivity index (χ4n) is 6.44. The summed E-state index contributed by atoms with van der Waals surface area (Å²) in [5, 5.41) is 3.36. The van der Waals surface area contributed by atoms with Crippen molar-refractivity contribution < 1.29 is 14.3 Å². The highest BCUT2D eigenvalue weighted by Crippen LogP contribution is 2.61. The average Bonchev–Trinajstić information content (AvgIpc) is 3.08. The molecule has 5 aliphatic rings. The van der Waals surface area contributed by atoms with E-state index in [9.17, 15) is 4.79 Å². The van der Waals surface area contributed by atoms with Crippen molar-refractivity contribution >= 4 is 17.7 Å². The van der Waals surface area contributed by atoms with Crippen LogP contribution >= 0.6 is 11.8 Å². The van der Waals surface area contributed by atoms with Crippen LogP contribution in [0.1, 0.15) is 51.0 Å². The van der Waals surface area contributed by atoms with E-state index >= 15 is 0 Å². The van der Waals surface area contributed by atoms with E-state index in [1.54, 1.807) is 11.8 Å². The molecule has 4 aliphatic carbocycles. The number of hydrogen-bond donors (Lipinski definition) is 1. The van der Waals surface area contributed by atoms with Gasteiger partial charge in [-0.15, -0.1) is 11.8 Å². The van der Waals surface area contributed by atoms with Gasteiger partial charge in [-0.05, 0) is 86.3 Å². The molecule has 0 aromatic heterocycles. The Bertz CT molecular complexity index is 699. The number of fused-ring (bicyclic) bond motifs is 1. The van der Waals surface area contributed by atoms with Crippen LogP contribution in [0.15, 0.2) is 18.2 Å². The number of nitrogens with one attached hydrogen (secondary N) is 1. The number of ether oxygens (including phenoxy) is 2. The summed E-state index contributed by atoms with van der Waals surface area (Å²) in [5.74, 6) is 5.92. The second-order valence-electron chi connectivity index (χ2n) is 9.25. The van der Waals surface area contributed by atoms with Crippen molar-refractivity contribution in [1.82, 2.24) is 5.32 Å². The van der Waals surface area contributed by atoms with Crippen molar-refractivity contribution in [3.8, 4) is 11.5 Å². The van der Waals surface area contributed by atoms with Gasteiger partial charge >= 0.3 is 0 Å². The maximum Gasteiger partial charge on any atom is 0.231 e. The Balaban J connectivity index is 1.12. The minimum Gasteiger partial charge on any atom is -0.454 e. The molecular weight excluding hydrogens is 358 g/mol. The van der Waals surface area contributed by atoms with E-state index in [0.717, 1.165) is 35.0 Å². The molecule has 4 fully saturated rings. The number of amides is 1. The number of thioether (sulfide) groups is 1. The van der Waals surface area contributed by atoms with Gasteiger partial charge in [0.15, 0.2) is 11.5 Å². The predicted octanol–water partition coefficient (Wildman–Crippen LogP) is 4.37. The van der Waals surface area contributed by atoms with Gasteiger partial charge < -0.3 is 14.8 Å². The van der Waals surface area contributed by atoms with Crippen LogP contribution in [0.3, 0.4) is 0 Å². The quantitative estimate of drug-likeness (QED) is 0.787. The highest BCUT2D eigenvalue weighted by molar-refractivity contribution is 7.99. The number of benzene rings is 1. The first kappa shape index (κ1) is 17.7. The number of rotatable bonds is 6. The van der Waals surface area contributed by atoms with Crippen molar-refractivity contribution in [2.24, 2.45) is 23.2 Å². The lowest BCUT2D eigenvalue weighted by Crippen LogP contribution is -2.56. The number of carbonyl (C=O) groups excluding carboxylic acids is 1. The zero-order chi connectivity index (χ0) is 18.4. The lowest BCUT2D eigenvalue weighted by atomic mass is 9.48. The third-order valence-corrected chi connectivity index (χ3v) is 8.32. The molecule has 1 aromatic carbocycles. The normalized spacial score (nSPS) is 33.9. The molecular formula is C22H29NO3S. The highest BCUT2D eigenvalue weighted by Gasteiger charge is 2.53. The zero-order valence-electron chi connectivity index (χ0n) is 16.0. The summed E-state index contributed by atoms with van der Waals surface area (Å²) in [7, 11) is 0. The first-order valence-electron chi connectivity index (χ1n) is 10.4. The van der Waals surface area contributed by atoms with Crippen LogP contribution in [-0.2, 0) is 10.5 Å². The predicted molar refractivity (Wildman–Crippen MR) is 107 cm³/mol. The smallest absolute Gasteiger partial charge is 0.231 e. The van der Waals surface area contributed by atoms with Gasteiger partial charge in [-0.1, -0.05) is 6.07 Å². The molecule has 0 saturated heterocycles. The van der Waals surface area contributed by atoms with Crippen molar-refractivity contribution in [3.63, 3.8) is 0 Å². The van der Waals surface area contributed by atoms with Crippen LogP contribution in [0.25, 0.3) is 0 Å². The highest BCUT2D eigenvalue weighted by atomic mass is 32.2. The van der Waals surface area contributed by atoms with Crippen molar-refractivity contribution in [3.05, 3.63) is 23.8 Å². The van der Waals surface area contributed by atoms with Crippen LogP contribution < -0.4 is 14.8 Å². The Kier molecular flexibility index (Phi) is 4.53. The Morgan fingerprint density at radius 2 is 1.81 bits per heavy atom. The molecule has 6 rings (SSSR count). The monoisotopic (exact) mass is 387 g/mol. The van der Waals surface area contributed by atoms with Gasteiger partial charge in [0.1, 0.15) is 0 Å². The summed E-state index contributed by atoms with van der Waals surface area (Å²) >= 11 is 1.67. The second kappa shape index (κ2) is 6.91. The molecule has 1 atom stereocenters. The topological polar surface area (TPSA) is 47.6 Å². The molecule has 0 radical (unpaired) electrons. The van der Waals surface area contributed by atoms with Gasteiger partial charge in [-0.2, -0.15) is 0 Å². The number of hydrogen-bond acceptors (Lipinski definition) is 4. The average molecular weight is 388 g/mol. The lowest BCUT2D eigenvalue weighted by Gasteiger charge is -2.59. The van der Waals surface area contributed by atoms with Gasteiger partial charge in [-0.25, -0.2) is 0 Å². The fraction of sp³-hybridized carbons (Fsp3) is 0.682. The van der Waals surface area contributed by atoms with Crippen LogP contribution in [0.5, 0.6) is 11.5 Å². The summed E-state index contributed by atoms with van der Waals surface area (Å²) in [5.41, 5.74) is 1.55. The Labute approximate surface area is 165 Å². The molecule has 1 aromatic rings. The van der Waals surface area contributed by atoms with Crippen LogP contribution in [0.2, 0.25) is 0 Å². The summed E-state index contributed by atoms with van der Waals surface area (Å²) in [6, 6.07) is 6.33. The molecule has 27 heavy (non-hydrogen) atoms. The Hall–Kier alpha value is -1.36. The first-order chi connectivity index (χ1) is 13.1. The molecule has 1 N–H and O–H groups in total. The number of carbonyl (C=O) groups is 1. The van der Waals surface area contributed by atoms with Gasteiger partial charge in [-0.3, -0.25) is 4.79 Å². The molecule has 4 bridgehead atoms. The minimum absolute atomic E-state index is 0.184. The Morgan fingerprint density at radius 1 is 1.15 bits per heavy atom. The fourth-order valence-corrected chi connectivity index (χ4v) is 7.22. The lowest BCUT2D eigenvalue weighted by molar-refractivity contribution is -0.123. The molecule has 0 spiro atoms. The largest absolute Gasteiger partial charge is 0.454 e. The van der Waals surface area contributed by atoms with E-state index in [1.807, 2.05) is 12.1 Å². The van der Waals surface area contributed by atoms with Crippen LogP contribution in [-0.4, -0.2) is 24.5 Å². The second-order valence-corrected chi connectivity index (χ2v) is 10.2. The van der Waals surface area contributed by atoms with Crippen molar-refractivity contribution in [2.75, 3.05) is 12.5 Å². The first-order valence-corrected chi connectivity index (χ1v) is 11.5. The molecule has 146 valence electrons. The standard InChI is InChI=1S/C22H29NO3S/c1-14(22-8-16-4-17(9-22)6-18(5-16)10-22)23-21(24)12-27-11-15-2-3-19-20(7-15)26-13-25-19/h2-3,7,14,16-18H,4-6,8-13H2,1H3,(H,23,24)/t14-,16?,17?,18?,22?/m0/s1. The van der Waals surface area contributed by atoms with Gasteiger partial charge in [0.05, 0.1) is 5.75 Å². The summed E-state index contributed by atoms with van der Waals surface area (Å²) in [6.45, 7) is 2.56. The maximum absolute atomic E-state index is 12.5. The maximum atomic E-state index is 12.5. The summed E-state index contributed by atoms with van der Waals surface area (Å²) in [4.78, 5) is 12.5. The van der Waals surface area contributed by atoms with Crippen molar-refractivity contribution in [2.45, 2.75) is 57.2 Å². The van der Waals surface area contributed by atoms with Gasteiger partial charge in [0, 0.05) is 11.8 Å². The third-order valence-electron chi connectivity index (χ3n) is 7.32. The van der Waals surface area contributed by atoms with E-state index in [0.29, 0.717) is 24.0 Å². The molecule has 1 heterocycles. The van der Waals surface area contributed by atoms with E-state index in [-0.39, 0.29) is 5.91 Å². The van der Waals surface area contributed by atoms with Crippen LogP contribution in [0.4, 0.5) is 0 Å². The molecule has 4 nitrogen and oxygen atoms in total. The van der Waals surface area contributed by atoms with E-state index in [2.05, 4.69) is 18.3 Å². The van der Waals surface area contributed by atoms with E-state index in [1.165, 1.54) is 44.1 Å². The SMILES string of the molecule is C[C@H](NC(=O)CSCc1ccc2c(c1)OCO2)C12CC3CC(CC(C3)C1)C2. The molecule has 0 unspecified atom stereocenters. The molecule has 4 saturated carbocycles. The van der Waals surface area contributed by atoms with Crippen molar-refractivity contribution in [1.29, 1.82) is 0 Å². The summed E-state index contributed by atoms with van der Waals surface area (Å²) in [6.07, 6.45) is 8.36. The molecule has 1 aliphatic heterocycles. The van der Waals surface area contributed by atoms with Gasteiger partial charge in [0.2, 0.25) is 12.7 Å². The Morgan fingerprint density at radius 3 is 2.52 bits per heavy atom. The van der Waals surface area contributed by atoms with Crippen LogP contribution in [0, 0.1) is 23.2 Å². The molecule has 5 heteroatoms. The van der Waals surface area contributed by atoms with E-state index in [4.69, 9.17) is 9.47 Å². The minimum atomic E-state index is 0.184. The summed E-state index contributed by atoms with van der Waals surface area (Å²) < 4.78 is 10.8. The third kappa shape index (κ3) is 3.43. The zero-order valence-corrected chi connectivity index (χ0v) is 16.9. The molecule has 1 amide bonds. The van der Waals surface area contributed by atoms with Gasteiger partial charge in [0.25, 0.3) is 0 Å².